The van der Waals surface area contributed by atoms with Crippen molar-refractivity contribution >= 4 is 22.3 Å². The summed E-state index contributed by atoms with van der Waals surface area (Å²) in [5.74, 6) is 0.167. The van der Waals surface area contributed by atoms with Crippen molar-refractivity contribution in [1.29, 1.82) is 0 Å². The van der Waals surface area contributed by atoms with Gasteiger partial charge in [-0.15, -0.1) is 0 Å². The number of aromatic nitrogens is 1. The number of hydrogen-bond donors (Lipinski definition) is 1. The molecule has 142 valence electrons. The van der Waals surface area contributed by atoms with Gasteiger partial charge in [0.15, 0.2) is 0 Å². The number of nitrogens with one attached hydrogen (secondary N) is 1. The second-order valence-corrected chi connectivity index (χ2v) is 7.72. The maximum atomic E-state index is 3.65. The molecule has 0 aliphatic heterocycles. The van der Waals surface area contributed by atoms with Crippen molar-refractivity contribution in [1.82, 2.24) is 4.98 Å². The molecule has 0 saturated heterocycles. The summed E-state index contributed by atoms with van der Waals surface area (Å²) in [7, 11) is 8.29. The van der Waals surface area contributed by atoms with Crippen LogP contribution in [0.1, 0.15) is 22.7 Å². The Kier molecular flexibility index (Phi) is 4.82. The first kappa shape index (κ1) is 18.2. The highest BCUT2D eigenvalue weighted by Crippen LogP contribution is 2.34. The van der Waals surface area contributed by atoms with Crippen molar-refractivity contribution in [2.24, 2.45) is 0 Å². The van der Waals surface area contributed by atoms with Gasteiger partial charge in [0.25, 0.3) is 0 Å². The summed E-state index contributed by atoms with van der Waals surface area (Å²) >= 11 is 0. The zero-order chi connectivity index (χ0) is 19.7. The maximum Gasteiger partial charge on any atom is 0.0491 e. The molecule has 0 spiro atoms. The molecule has 0 amide bonds. The Hall–Kier alpha value is -3.20. The van der Waals surface area contributed by atoms with E-state index in [1.807, 2.05) is 0 Å². The highest BCUT2D eigenvalue weighted by molar-refractivity contribution is 5.81. The number of anilines is 2. The van der Waals surface area contributed by atoms with E-state index in [0.29, 0.717) is 0 Å². The fourth-order valence-electron chi connectivity index (χ4n) is 3.73. The monoisotopic (exact) mass is 369 g/mol. The molecule has 3 nitrogen and oxygen atoms in total. The molecule has 0 saturated carbocycles. The van der Waals surface area contributed by atoms with Gasteiger partial charge in [-0.3, -0.25) is 0 Å². The highest BCUT2D eigenvalue weighted by atomic mass is 15.1. The third-order valence-electron chi connectivity index (χ3n) is 5.35. The van der Waals surface area contributed by atoms with Crippen LogP contribution < -0.4 is 9.80 Å². The predicted octanol–water partition coefficient (Wildman–Crippen LogP) is 5.48. The van der Waals surface area contributed by atoms with E-state index in [9.17, 15) is 0 Å². The number of H-pyrrole nitrogens is 1. The van der Waals surface area contributed by atoms with Gasteiger partial charge in [-0.25, -0.2) is 0 Å². The Morgan fingerprint density at radius 3 is 1.61 bits per heavy atom. The van der Waals surface area contributed by atoms with E-state index in [4.69, 9.17) is 0 Å². The average Bonchev–Trinajstić information content (AvgIpc) is 3.12. The normalized spacial score (nSPS) is 11.2. The molecular formula is C25H27N3. The van der Waals surface area contributed by atoms with Crippen LogP contribution in [0.3, 0.4) is 0 Å². The van der Waals surface area contributed by atoms with E-state index in [1.54, 1.807) is 0 Å². The van der Waals surface area contributed by atoms with E-state index < -0.39 is 0 Å². The molecule has 0 radical (unpaired) electrons. The quantitative estimate of drug-likeness (QED) is 0.503. The summed E-state index contributed by atoms with van der Waals surface area (Å²) in [4.78, 5) is 7.91. The summed E-state index contributed by atoms with van der Waals surface area (Å²) in [6, 6.07) is 28.5. The summed E-state index contributed by atoms with van der Waals surface area (Å²) in [5, 5.41) is 1.25. The lowest BCUT2D eigenvalue weighted by Crippen LogP contribution is -2.10. The van der Waals surface area contributed by atoms with Gasteiger partial charge in [0, 0.05) is 56.7 Å². The third-order valence-corrected chi connectivity index (χ3v) is 5.35. The Balaban J connectivity index is 1.82. The Labute approximate surface area is 167 Å². The maximum absolute atomic E-state index is 3.65. The molecule has 3 aromatic carbocycles. The SMILES string of the molecule is CN(C)c1ccc(C(c2ccc(N(C)C)cc2)c2cc3ccccc3[nH]2)cc1. The molecular weight excluding hydrogens is 342 g/mol. The van der Waals surface area contributed by atoms with Crippen LogP contribution in [0.15, 0.2) is 78.9 Å². The van der Waals surface area contributed by atoms with Gasteiger partial charge in [-0.2, -0.15) is 0 Å². The molecule has 0 bridgehead atoms. The minimum absolute atomic E-state index is 0.167. The molecule has 0 fully saturated rings. The summed E-state index contributed by atoms with van der Waals surface area (Å²) in [6.07, 6.45) is 0. The zero-order valence-corrected chi connectivity index (χ0v) is 17.0. The lowest BCUT2D eigenvalue weighted by atomic mass is 9.88. The van der Waals surface area contributed by atoms with Crippen molar-refractivity contribution in [3.63, 3.8) is 0 Å². The summed E-state index contributed by atoms with van der Waals surface area (Å²) in [6.45, 7) is 0. The molecule has 0 unspecified atom stereocenters. The first-order valence-electron chi connectivity index (χ1n) is 9.65. The number of benzene rings is 3. The molecule has 1 N–H and O–H groups in total. The van der Waals surface area contributed by atoms with Crippen LogP contribution in [0.2, 0.25) is 0 Å². The average molecular weight is 370 g/mol. The van der Waals surface area contributed by atoms with Gasteiger partial charge in [0.2, 0.25) is 0 Å². The number of fused-ring (bicyclic) bond motifs is 1. The second kappa shape index (κ2) is 7.43. The van der Waals surface area contributed by atoms with E-state index in [1.165, 1.54) is 39.1 Å². The molecule has 1 aromatic heterocycles. The zero-order valence-electron chi connectivity index (χ0n) is 17.0. The van der Waals surface area contributed by atoms with Crippen LogP contribution in [0.5, 0.6) is 0 Å². The minimum atomic E-state index is 0.167. The van der Waals surface area contributed by atoms with Crippen molar-refractivity contribution in [3.8, 4) is 0 Å². The lowest BCUT2D eigenvalue weighted by molar-refractivity contribution is 0.936. The molecule has 28 heavy (non-hydrogen) atoms. The van der Waals surface area contributed by atoms with Gasteiger partial charge in [-0.1, -0.05) is 42.5 Å². The van der Waals surface area contributed by atoms with Crippen LogP contribution in [0.25, 0.3) is 10.9 Å². The van der Waals surface area contributed by atoms with Crippen molar-refractivity contribution < 1.29 is 0 Å². The van der Waals surface area contributed by atoms with Gasteiger partial charge in [0.1, 0.15) is 0 Å². The van der Waals surface area contributed by atoms with Crippen molar-refractivity contribution in [3.05, 3.63) is 95.7 Å². The predicted molar refractivity (Wildman–Crippen MR) is 121 cm³/mol. The van der Waals surface area contributed by atoms with Crippen LogP contribution in [-0.4, -0.2) is 33.2 Å². The first-order valence-corrected chi connectivity index (χ1v) is 9.65. The van der Waals surface area contributed by atoms with Crippen LogP contribution in [0.4, 0.5) is 11.4 Å². The fourth-order valence-corrected chi connectivity index (χ4v) is 3.73. The molecule has 1 heterocycles. The molecule has 0 aliphatic rings. The third kappa shape index (κ3) is 3.48. The number of aromatic amines is 1. The minimum Gasteiger partial charge on any atom is -0.378 e. The van der Waals surface area contributed by atoms with E-state index >= 15 is 0 Å². The Bertz CT molecular complexity index is 973. The first-order chi connectivity index (χ1) is 13.5. The largest absolute Gasteiger partial charge is 0.378 e. The van der Waals surface area contributed by atoms with Crippen molar-refractivity contribution in [2.45, 2.75) is 5.92 Å². The van der Waals surface area contributed by atoms with Crippen LogP contribution in [-0.2, 0) is 0 Å². The lowest BCUT2D eigenvalue weighted by Gasteiger charge is -2.20. The second-order valence-electron chi connectivity index (χ2n) is 7.72. The standard InChI is InChI=1S/C25H27N3/c1-27(2)21-13-9-18(10-14-21)25(19-11-15-22(16-12-19)28(3)4)24-17-20-7-5-6-8-23(20)26-24/h5-17,25-26H,1-4H3. The molecule has 0 atom stereocenters. The van der Waals surface area contributed by atoms with E-state index in [2.05, 4.69) is 122 Å². The molecule has 4 rings (SSSR count). The van der Waals surface area contributed by atoms with E-state index in [0.717, 1.165) is 0 Å². The summed E-state index contributed by atoms with van der Waals surface area (Å²) < 4.78 is 0. The Morgan fingerprint density at radius 2 is 1.14 bits per heavy atom. The molecule has 4 aromatic rings. The number of rotatable bonds is 5. The van der Waals surface area contributed by atoms with Crippen LogP contribution in [0, 0.1) is 0 Å². The fraction of sp³-hybridized carbons (Fsp3) is 0.200. The summed E-state index contributed by atoms with van der Waals surface area (Å²) in [5.41, 5.74) is 7.39. The van der Waals surface area contributed by atoms with Gasteiger partial charge in [0.05, 0.1) is 0 Å². The number of para-hydroxylation sites is 1. The Morgan fingerprint density at radius 1 is 0.643 bits per heavy atom. The van der Waals surface area contributed by atoms with Crippen molar-refractivity contribution in [2.75, 3.05) is 38.0 Å². The number of nitrogens with zero attached hydrogens (tertiary/aromatic N) is 2. The van der Waals surface area contributed by atoms with Gasteiger partial charge >= 0.3 is 0 Å². The van der Waals surface area contributed by atoms with E-state index in [-0.39, 0.29) is 5.92 Å². The molecule has 0 aliphatic carbocycles. The van der Waals surface area contributed by atoms with Gasteiger partial charge < -0.3 is 14.8 Å². The van der Waals surface area contributed by atoms with Gasteiger partial charge in [-0.05, 0) is 52.9 Å². The van der Waals surface area contributed by atoms with Crippen LogP contribution >= 0.6 is 0 Å². The number of hydrogen-bond acceptors (Lipinski definition) is 2. The molecule has 3 heteroatoms. The highest BCUT2D eigenvalue weighted by Gasteiger charge is 2.19. The smallest absolute Gasteiger partial charge is 0.0491 e. The topological polar surface area (TPSA) is 22.3 Å².